The van der Waals surface area contributed by atoms with E-state index in [-0.39, 0.29) is 5.56 Å². The molecule has 4 heteroatoms. The van der Waals surface area contributed by atoms with Gasteiger partial charge in [0, 0.05) is 11.1 Å². The Hall–Kier alpha value is -1.81. The number of fused-ring (bicyclic) bond motifs is 1. The van der Waals surface area contributed by atoms with Crippen LogP contribution in [-0.2, 0) is 4.89 Å². The first-order chi connectivity index (χ1) is 6.33. The Kier molecular flexibility index (Phi) is 1.75. The maximum Gasteiger partial charge on any atom is 0.376 e. The zero-order valence-electron chi connectivity index (χ0n) is 6.56. The monoisotopic (exact) mass is 178 g/mol. The highest BCUT2D eigenvalue weighted by Crippen LogP contribution is 2.26. The summed E-state index contributed by atoms with van der Waals surface area (Å²) in [7, 11) is 0. The maximum absolute atomic E-state index is 11.0. The molecular formula is C9H6O4. The molecule has 2 rings (SSSR count). The molecule has 0 spiro atoms. The van der Waals surface area contributed by atoms with Crippen LogP contribution in [0.15, 0.2) is 35.1 Å². The largest absolute Gasteiger partial charge is 0.471 e. The number of hydrogen-bond donors (Lipinski definition) is 1. The number of carbonyl (C=O) groups is 1. The van der Waals surface area contributed by atoms with Gasteiger partial charge in [0.15, 0.2) is 0 Å². The van der Waals surface area contributed by atoms with Crippen molar-refractivity contribution in [3.05, 3.63) is 36.3 Å². The third kappa shape index (κ3) is 1.17. The van der Waals surface area contributed by atoms with Gasteiger partial charge in [-0.15, -0.1) is 0 Å². The highest BCUT2D eigenvalue weighted by molar-refractivity contribution is 5.96. The summed E-state index contributed by atoms with van der Waals surface area (Å²) in [5.74, 6) is -0.819. The molecule has 0 aromatic rings. The molecule has 0 saturated heterocycles. The van der Waals surface area contributed by atoms with Gasteiger partial charge < -0.3 is 4.42 Å². The quantitative estimate of drug-likeness (QED) is 0.536. The summed E-state index contributed by atoms with van der Waals surface area (Å²) < 4.78 is 4.89. The lowest BCUT2D eigenvalue weighted by molar-refractivity contribution is -0.182. The lowest BCUT2D eigenvalue weighted by Crippen LogP contribution is -2.02. The Morgan fingerprint density at radius 2 is 2.23 bits per heavy atom. The third-order valence-corrected chi connectivity index (χ3v) is 1.82. The average molecular weight is 178 g/mol. The number of carbonyl (C=O) groups excluding carboxylic acids is 1. The lowest BCUT2D eigenvalue weighted by atomic mass is 10.1. The molecule has 0 unspecified atom stereocenters. The highest BCUT2D eigenvalue weighted by Gasteiger charge is 2.16. The maximum atomic E-state index is 11.0. The van der Waals surface area contributed by atoms with Crippen molar-refractivity contribution in [2.75, 3.05) is 0 Å². The smallest absolute Gasteiger partial charge is 0.376 e. The molecule has 13 heavy (non-hydrogen) atoms. The molecule has 0 saturated carbocycles. The zero-order chi connectivity index (χ0) is 9.26. The van der Waals surface area contributed by atoms with Crippen LogP contribution >= 0.6 is 0 Å². The van der Waals surface area contributed by atoms with Crippen LogP contribution in [0.4, 0.5) is 0 Å². The summed E-state index contributed by atoms with van der Waals surface area (Å²) in [6, 6.07) is 5.33. The molecule has 0 atom stereocenters. The van der Waals surface area contributed by atoms with E-state index < -0.39 is 5.97 Å². The lowest BCUT2D eigenvalue weighted by Gasteiger charge is -2.02. The highest BCUT2D eigenvalue weighted by atomic mass is 17.1. The normalized spacial score (nSPS) is 10.2. The summed E-state index contributed by atoms with van der Waals surface area (Å²) >= 11 is 0. The minimum absolute atomic E-state index is 0.213. The van der Waals surface area contributed by atoms with E-state index in [1.165, 1.54) is 12.5 Å². The molecule has 1 heterocycles. The van der Waals surface area contributed by atoms with E-state index in [1.54, 1.807) is 18.2 Å². The van der Waals surface area contributed by atoms with Crippen molar-refractivity contribution in [3.8, 4) is 11.1 Å². The van der Waals surface area contributed by atoms with Gasteiger partial charge in [0.25, 0.3) is 0 Å². The topological polar surface area (TPSA) is 59.7 Å². The van der Waals surface area contributed by atoms with Crippen LogP contribution in [0, 0.1) is 0 Å². The van der Waals surface area contributed by atoms with E-state index in [1.807, 2.05) is 0 Å². The molecule has 0 bridgehead atoms. The van der Waals surface area contributed by atoms with Gasteiger partial charge in [0.05, 0.1) is 6.26 Å². The fourth-order valence-corrected chi connectivity index (χ4v) is 1.23. The SMILES string of the molecule is O=C(OO)c1cocc2cccc1-2. The summed E-state index contributed by atoms with van der Waals surface area (Å²) in [5.41, 5.74) is 1.71. The van der Waals surface area contributed by atoms with Crippen LogP contribution in [0.2, 0.25) is 0 Å². The Morgan fingerprint density at radius 1 is 1.38 bits per heavy atom. The average Bonchev–Trinajstić information content (AvgIpc) is 2.63. The van der Waals surface area contributed by atoms with Crippen LogP contribution in [-0.4, -0.2) is 11.2 Å². The van der Waals surface area contributed by atoms with Crippen molar-refractivity contribution >= 4 is 5.97 Å². The first-order valence-corrected chi connectivity index (χ1v) is 3.63. The van der Waals surface area contributed by atoms with E-state index in [2.05, 4.69) is 4.89 Å². The van der Waals surface area contributed by atoms with E-state index in [4.69, 9.17) is 9.67 Å². The fourth-order valence-electron chi connectivity index (χ4n) is 1.23. The van der Waals surface area contributed by atoms with Crippen molar-refractivity contribution in [2.24, 2.45) is 0 Å². The second kappa shape index (κ2) is 2.91. The molecule has 1 aliphatic carbocycles. The predicted octanol–water partition coefficient (Wildman–Crippen LogP) is 2.01. The van der Waals surface area contributed by atoms with Crippen molar-refractivity contribution < 1.29 is 19.4 Å². The van der Waals surface area contributed by atoms with Gasteiger partial charge in [-0.25, -0.2) is 4.79 Å². The minimum Gasteiger partial charge on any atom is -0.471 e. The van der Waals surface area contributed by atoms with Crippen molar-refractivity contribution in [1.82, 2.24) is 0 Å². The van der Waals surface area contributed by atoms with Crippen molar-refractivity contribution in [3.63, 3.8) is 0 Å². The van der Waals surface area contributed by atoms with Crippen molar-refractivity contribution in [1.29, 1.82) is 0 Å². The molecule has 1 N–H and O–H groups in total. The fraction of sp³-hybridized carbons (Fsp3) is 0. The van der Waals surface area contributed by atoms with Crippen LogP contribution in [0.3, 0.4) is 0 Å². The summed E-state index contributed by atoms with van der Waals surface area (Å²) in [5, 5.41) is 8.19. The minimum atomic E-state index is -0.819. The Bertz CT molecular complexity index is 404. The Labute approximate surface area is 73.6 Å². The number of rotatable bonds is 1. The van der Waals surface area contributed by atoms with E-state index >= 15 is 0 Å². The van der Waals surface area contributed by atoms with Gasteiger partial charge in [0.1, 0.15) is 11.8 Å². The van der Waals surface area contributed by atoms with Gasteiger partial charge in [-0.05, 0) is 0 Å². The molecule has 0 radical (unpaired) electrons. The van der Waals surface area contributed by atoms with Crippen LogP contribution in [0.1, 0.15) is 10.4 Å². The van der Waals surface area contributed by atoms with Gasteiger partial charge in [-0.2, -0.15) is 5.26 Å². The Balaban J connectivity index is 2.58. The molecule has 0 fully saturated rings. The first kappa shape index (κ1) is 7.82. The second-order valence-corrected chi connectivity index (χ2v) is 2.56. The number of hydrogen-bond acceptors (Lipinski definition) is 4. The molecule has 0 aromatic heterocycles. The molecule has 66 valence electrons. The van der Waals surface area contributed by atoms with Gasteiger partial charge in [-0.1, -0.05) is 18.2 Å². The first-order valence-electron chi connectivity index (χ1n) is 3.63. The molecule has 4 nitrogen and oxygen atoms in total. The van der Waals surface area contributed by atoms with Gasteiger partial charge >= 0.3 is 5.97 Å². The second-order valence-electron chi connectivity index (χ2n) is 2.56. The molecule has 0 aromatic carbocycles. The molecule has 1 aliphatic heterocycles. The van der Waals surface area contributed by atoms with E-state index in [9.17, 15) is 4.79 Å². The summed E-state index contributed by atoms with van der Waals surface area (Å²) in [4.78, 5) is 14.6. The molecular weight excluding hydrogens is 172 g/mol. The molecule has 0 amide bonds. The van der Waals surface area contributed by atoms with Crippen LogP contribution < -0.4 is 0 Å². The summed E-state index contributed by atoms with van der Waals surface area (Å²) in [6.07, 6.45) is 2.75. The van der Waals surface area contributed by atoms with Crippen molar-refractivity contribution in [2.45, 2.75) is 0 Å². The molecule has 2 aliphatic rings. The van der Waals surface area contributed by atoms with E-state index in [0.717, 1.165) is 5.56 Å². The zero-order valence-corrected chi connectivity index (χ0v) is 6.56. The van der Waals surface area contributed by atoms with Gasteiger partial charge in [-0.3, -0.25) is 4.89 Å². The van der Waals surface area contributed by atoms with Gasteiger partial charge in [0.2, 0.25) is 0 Å². The standard InChI is InChI=1S/C9H6O4/c10-9(13-11)8-5-12-4-6-2-1-3-7(6)8/h1-5,11H. The van der Waals surface area contributed by atoms with Crippen LogP contribution in [0.5, 0.6) is 0 Å². The summed E-state index contributed by atoms with van der Waals surface area (Å²) in [6.45, 7) is 0. The van der Waals surface area contributed by atoms with E-state index in [0.29, 0.717) is 5.56 Å². The predicted molar refractivity (Wildman–Crippen MR) is 43.4 cm³/mol. The van der Waals surface area contributed by atoms with Crippen LogP contribution in [0.25, 0.3) is 11.1 Å². The third-order valence-electron chi connectivity index (χ3n) is 1.82. The Morgan fingerprint density at radius 3 is 3.00 bits per heavy atom.